The first-order valence-corrected chi connectivity index (χ1v) is 9.47. The van der Waals surface area contributed by atoms with Crippen LogP contribution in [0.15, 0.2) is 0 Å². The second-order valence-corrected chi connectivity index (χ2v) is 8.30. The summed E-state index contributed by atoms with van der Waals surface area (Å²) in [7, 11) is 0. The van der Waals surface area contributed by atoms with Crippen LogP contribution in [0.25, 0.3) is 0 Å². The highest BCUT2D eigenvalue weighted by Crippen LogP contribution is 2.55. The van der Waals surface area contributed by atoms with Crippen molar-refractivity contribution < 1.29 is 19.1 Å². The van der Waals surface area contributed by atoms with Crippen LogP contribution in [-0.2, 0) is 19.1 Å². The van der Waals surface area contributed by atoms with Crippen molar-refractivity contribution in [2.75, 3.05) is 0 Å². The lowest BCUT2D eigenvalue weighted by Gasteiger charge is -2.49. The van der Waals surface area contributed by atoms with Crippen molar-refractivity contribution in [2.45, 2.75) is 71.3 Å². The first-order valence-electron chi connectivity index (χ1n) is 9.47. The van der Waals surface area contributed by atoms with E-state index < -0.39 is 5.41 Å². The van der Waals surface area contributed by atoms with Gasteiger partial charge in [0.15, 0.2) is 0 Å². The fraction of sp³-hybridized carbons (Fsp3) is 0.800. The Balaban J connectivity index is 1.79. The zero-order valence-corrected chi connectivity index (χ0v) is 15.1. The van der Waals surface area contributed by atoms with Gasteiger partial charge >= 0.3 is 5.97 Å². The Morgan fingerprint density at radius 1 is 1.28 bits per heavy atom. The van der Waals surface area contributed by atoms with Crippen molar-refractivity contribution in [3.63, 3.8) is 0 Å². The number of ketones is 2. The number of fused-ring (bicyclic) bond motifs is 1. The van der Waals surface area contributed by atoms with Gasteiger partial charge in [-0.25, -0.2) is 0 Å². The van der Waals surface area contributed by atoms with Crippen molar-refractivity contribution in [3.8, 4) is 6.07 Å². The number of hydrogen-bond acceptors (Lipinski definition) is 5. The highest BCUT2D eigenvalue weighted by atomic mass is 16.5. The van der Waals surface area contributed by atoms with Gasteiger partial charge in [0, 0.05) is 37.5 Å². The molecule has 136 valence electrons. The molecule has 3 saturated carbocycles. The topological polar surface area (TPSA) is 84.2 Å². The summed E-state index contributed by atoms with van der Waals surface area (Å²) in [5.41, 5.74) is -0.464. The number of esters is 1. The van der Waals surface area contributed by atoms with Gasteiger partial charge in [-0.15, -0.1) is 0 Å². The van der Waals surface area contributed by atoms with E-state index in [4.69, 9.17) is 4.74 Å². The molecule has 0 amide bonds. The molecule has 3 aliphatic rings. The third-order valence-electron chi connectivity index (χ3n) is 7.02. The zero-order chi connectivity index (χ0) is 18.2. The lowest BCUT2D eigenvalue weighted by atomic mass is 9.54. The maximum atomic E-state index is 13.0. The number of hydrogen-bond donors (Lipinski definition) is 0. The van der Waals surface area contributed by atoms with Crippen LogP contribution in [0.5, 0.6) is 0 Å². The Labute approximate surface area is 149 Å². The summed E-state index contributed by atoms with van der Waals surface area (Å²) < 4.78 is 5.24. The fourth-order valence-electron chi connectivity index (χ4n) is 5.75. The number of Topliss-reactive ketones (excluding diaryl/α,β-unsaturated/α-hetero) is 2. The first-order chi connectivity index (χ1) is 11.9. The van der Waals surface area contributed by atoms with Crippen molar-refractivity contribution >= 4 is 17.5 Å². The Kier molecular flexibility index (Phi) is 4.99. The molecule has 5 nitrogen and oxygen atoms in total. The van der Waals surface area contributed by atoms with E-state index in [0.717, 1.165) is 19.3 Å². The van der Waals surface area contributed by atoms with Crippen molar-refractivity contribution in [3.05, 3.63) is 0 Å². The first kappa shape index (κ1) is 18.1. The van der Waals surface area contributed by atoms with Gasteiger partial charge in [0.1, 0.15) is 17.7 Å². The second-order valence-electron chi connectivity index (χ2n) is 8.30. The monoisotopic (exact) mass is 345 g/mol. The minimum Gasteiger partial charge on any atom is -0.462 e. The van der Waals surface area contributed by atoms with E-state index in [0.29, 0.717) is 31.5 Å². The molecule has 0 aliphatic heterocycles. The number of carbonyl (C=O) groups is 3. The highest BCUT2D eigenvalue weighted by molar-refractivity contribution is 5.87. The number of nitriles is 1. The predicted molar refractivity (Wildman–Crippen MR) is 90.2 cm³/mol. The maximum Gasteiger partial charge on any atom is 0.302 e. The molecule has 0 heterocycles. The van der Waals surface area contributed by atoms with Gasteiger partial charge in [-0.3, -0.25) is 14.4 Å². The van der Waals surface area contributed by atoms with Gasteiger partial charge in [0.05, 0.1) is 6.07 Å². The normalized spacial score (nSPS) is 41.1. The summed E-state index contributed by atoms with van der Waals surface area (Å²) in [6, 6.07) is 2.31. The highest BCUT2D eigenvalue weighted by Gasteiger charge is 2.54. The van der Waals surface area contributed by atoms with Gasteiger partial charge in [0.2, 0.25) is 0 Å². The van der Waals surface area contributed by atoms with Gasteiger partial charge < -0.3 is 4.74 Å². The van der Waals surface area contributed by atoms with Crippen LogP contribution < -0.4 is 0 Å². The summed E-state index contributed by atoms with van der Waals surface area (Å²) in [6.45, 7) is 3.41. The number of nitrogens with zero attached hydrogens (tertiary/aromatic N) is 1. The fourth-order valence-corrected chi connectivity index (χ4v) is 5.75. The Bertz CT molecular complexity index is 622. The molecular formula is C20H27NO4. The second kappa shape index (κ2) is 6.90. The molecule has 25 heavy (non-hydrogen) atoms. The van der Waals surface area contributed by atoms with Crippen LogP contribution in [-0.4, -0.2) is 23.6 Å². The molecule has 0 saturated heterocycles. The maximum absolute atomic E-state index is 13.0. The molecule has 0 bridgehead atoms. The number of rotatable bonds is 3. The van der Waals surface area contributed by atoms with E-state index in [2.05, 4.69) is 6.07 Å². The molecule has 0 aromatic rings. The molecule has 0 radical (unpaired) electrons. The smallest absolute Gasteiger partial charge is 0.302 e. The molecular weight excluding hydrogens is 318 g/mol. The Morgan fingerprint density at radius 2 is 2.04 bits per heavy atom. The lowest BCUT2D eigenvalue weighted by molar-refractivity contribution is -0.155. The van der Waals surface area contributed by atoms with E-state index in [-0.39, 0.29) is 47.9 Å². The third kappa shape index (κ3) is 3.23. The lowest BCUT2D eigenvalue weighted by Crippen LogP contribution is -2.49. The molecule has 3 rings (SSSR count). The molecule has 1 unspecified atom stereocenters. The standard InChI is InChI=1S/C20H27NO4/c1-12(22)25-13-7-9-20(2,19(24)11-13)17-5-3-16-14(4-6-18(16)23)15(17)8-10-21/h13-17H,3-9,11H2,1-2H3/t13-,14-,15-,16?,17-,20+/m0/s1. The van der Waals surface area contributed by atoms with Gasteiger partial charge in [-0.1, -0.05) is 6.92 Å². The molecule has 3 aliphatic carbocycles. The van der Waals surface area contributed by atoms with Crippen molar-refractivity contribution in [2.24, 2.45) is 29.1 Å². The van der Waals surface area contributed by atoms with Crippen molar-refractivity contribution in [1.29, 1.82) is 5.26 Å². The van der Waals surface area contributed by atoms with E-state index in [9.17, 15) is 19.6 Å². The van der Waals surface area contributed by atoms with E-state index in [1.54, 1.807) is 0 Å². The average molecular weight is 345 g/mol. The molecule has 0 N–H and O–H groups in total. The van der Waals surface area contributed by atoms with Crippen LogP contribution in [0.1, 0.15) is 65.2 Å². The van der Waals surface area contributed by atoms with E-state index in [1.807, 2.05) is 6.92 Å². The molecule has 6 atom stereocenters. The van der Waals surface area contributed by atoms with Crippen LogP contribution in [0.2, 0.25) is 0 Å². The largest absolute Gasteiger partial charge is 0.462 e. The zero-order valence-electron chi connectivity index (χ0n) is 15.1. The van der Waals surface area contributed by atoms with E-state index in [1.165, 1.54) is 6.92 Å². The third-order valence-corrected chi connectivity index (χ3v) is 7.02. The van der Waals surface area contributed by atoms with Crippen LogP contribution in [0.4, 0.5) is 0 Å². The minimum absolute atomic E-state index is 0.102. The van der Waals surface area contributed by atoms with Crippen LogP contribution in [0.3, 0.4) is 0 Å². The summed E-state index contributed by atoms with van der Waals surface area (Å²) in [6.07, 6.45) is 4.99. The molecule has 0 aromatic heterocycles. The van der Waals surface area contributed by atoms with Crippen LogP contribution in [0, 0.1) is 40.4 Å². The summed E-state index contributed by atoms with van der Waals surface area (Å²) in [5, 5.41) is 9.33. The predicted octanol–water partition coefficient (Wildman–Crippen LogP) is 3.21. The van der Waals surface area contributed by atoms with E-state index >= 15 is 0 Å². The van der Waals surface area contributed by atoms with Gasteiger partial charge in [-0.2, -0.15) is 5.26 Å². The van der Waals surface area contributed by atoms with Gasteiger partial charge in [-0.05, 0) is 49.9 Å². The summed E-state index contributed by atoms with van der Waals surface area (Å²) >= 11 is 0. The quantitative estimate of drug-likeness (QED) is 0.733. The Hall–Kier alpha value is -1.70. The molecule has 5 heteroatoms. The molecule has 0 aromatic carbocycles. The van der Waals surface area contributed by atoms with Crippen LogP contribution >= 0.6 is 0 Å². The Morgan fingerprint density at radius 3 is 2.68 bits per heavy atom. The number of carbonyl (C=O) groups excluding carboxylic acids is 3. The molecule has 3 fully saturated rings. The van der Waals surface area contributed by atoms with Gasteiger partial charge in [0.25, 0.3) is 0 Å². The summed E-state index contributed by atoms with van der Waals surface area (Å²) in [4.78, 5) is 36.3. The minimum atomic E-state index is -0.464. The van der Waals surface area contributed by atoms with Crippen molar-refractivity contribution in [1.82, 2.24) is 0 Å². The molecule has 0 spiro atoms. The SMILES string of the molecule is CC(=O)O[C@H]1CC[C@](C)([C@H]2CCC3C(=O)CC[C@H]3[C@@H]2CC#N)C(=O)C1. The number of ether oxygens (including phenoxy) is 1. The average Bonchev–Trinajstić information content (AvgIpc) is 2.93. The summed E-state index contributed by atoms with van der Waals surface area (Å²) in [5.74, 6) is 0.822.